The number of piperidine rings is 1. The van der Waals surface area contributed by atoms with E-state index >= 15 is 0 Å². The molecule has 0 spiro atoms. The summed E-state index contributed by atoms with van der Waals surface area (Å²) in [5.74, 6) is 1.38. The van der Waals surface area contributed by atoms with Crippen molar-refractivity contribution < 1.29 is 14.7 Å². The molecule has 3 unspecified atom stereocenters. The maximum Gasteiger partial charge on any atom is 0.318 e. The van der Waals surface area contributed by atoms with Crippen LogP contribution in [0.5, 0.6) is 0 Å². The van der Waals surface area contributed by atoms with Crippen molar-refractivity contribution in [3.05, 3.63) is 0 Å². The van der Waals surface area contributed by atoms with Crippen molar-refractivity contribution in [1.82, 2.24) is 10.2 Å². The SMILES string of the molecule is C#CC(CC)NC(=O)N1CCC(C(=O)O)CC1C. The number of carbonyl (C=O) groups is 2. The van der Waals surface area contributed by atoms with E-state index in [0.29, 0.717) is 25.8 Å². The average Bonchev–Trinajstić information content (AvgIpc) is 2.35. The van der Waals surface area contributed by atoms with Gasteiger partial charge in [-0.1, -0.05) is 12.8 Å². The summed E-state index contributed by atoms with van der Waals surface area (Å²) in [6.07, 6.45) is 6.97. The molecule has 0 aromatic rings. The zero-order valence-electron chi connectivity index (χ0n) is 10.8. The number of carboxylic acid groups (broad SMARTS) is 1. The van der Waals surface area contributed by atoms with E-state index in [0.717, 1.165) is 0 Å². The van der Waals surface area contributed by atoms with Crippen molar-refractivity contribution >= 4 is 12.0 Å². The van der Waals surface area contributed by atoms with Gasteiger partial charge in [0.2, 0.25) is 0 Å². The van der Waals surface area contributed by atoms with E-state index in [9.17, 15) is 9.59 Å². The number of carbonyl (C=O) groups excluding carboxylic acids is 1. The van der Waals surface area contributed by atoms with Crippen LogP contribution in [0.2, 0.25) is 0 Å². The third kappa shape index (κ3) is 3.39. The Morgan fingerprint density at radius 2 is 2.28 bits per heavy atom. The summed E-state index contributed by atoms with van der Waals surface area (Å²) < 4.78 is 0. The lowest BCUT2D eigenvalue weighted by molar-refractivity contribution is -0.143. The molecule has 0 aromatic heterocycles. The van der Waals surface area contributed by atoms with E-state index in [-0.39, 0.29) is 24.0 Å². The van der Waals surface area contributed by atoms with Crippen LogP contribution in [0.4, 0.5) is 4.79 Å². The number of hydrogen-bond donors (Lipinski definition) is 2. The number of carboxylic acids is 1. The molecule has 0 saturated carbocycles. The van der Waals surface area contributed by atoms with E-state index in [2.05, 4.69) is 11.2 Å². The fourth-order valence-electron chi connectivity index (χ4n) is 2.19. The Balaban J connectivity index is 2.56. The van der Waals surface area contributed by atoms with Gasteiger partial charge in [0.15, 0.2) is 0 Å². The molecule has 3 atom stereocenters. The minimum atomic E-state index is -0.781. The monoisotopic (exact) mass is 252 g/mol. The van der Waals surface area contributed by atoms with Gasteiger partial charge in [0, 0.05) is 12.6 Å². The Hall–Kier alpha value is -1.70. The van der Waals surface area contributed by atoms with Crippen LogP contribution in [-0.4, -0.2) is 40.6 Å². The van der Waals surface area contributed by atoms with Gasteiger partial charge in [-0.25, -0.2) is 4.79 Å². The highest BCUT2D eigenvalue weighted by molar-refractivity contribution is 5.76. The molecule has 0 aliphatic carbocycles. The molecule has 1 saturated heterocycles. The number of aliphatic carboxylic acids is 1. The van der Waals surface area contributed by atoms with Crippen molar-refractivity contribution in [2.24, 2.45) is 5.92 Å². The summed E-state index contributed by atoms with van der Waals surface area (Å²) in [5.41, 5.74) is 0. The number of hydrogen-bond acceptors (Lipinski definition) is 2. The fraction of sp³-hybridized carbons (Fsp3) is 0.692. The van der Waals surface area contributed by atoms with Gasteiger partial charge in [-0.05, 0) is 26.2 Å². The predicted molar refractivity (Wildman–Crippen MR) is 68.0 cm³/mol. The lowest BCUT2D eigenvalue weighted by Gasteiger charge is -2.36. The number of amides is 2. The molecule has 5 nitrogen and oxygen atoms in total. The molecule has 2 N–H and O–H groups in total. The van der Waals surface area contributed by atoms with Gasteiger partial charge in [0.05, 0.1) is 12.0 Å². The highest BCUT2D eigenvalue weighted by Crippen LogP contribution is 2.23. The molecule has 18 heavy (non-hydrogen) atoms. The topological polar surface area (TPSA) is 69.6 Å². The first-order valence-electron chi connectivity index (χ1n) is 6.25. The third-order valence-corrected chi connectivity index (χ3v) is 3.39. The molecular formula is C13H20N2O3. The molecular weight excluding hydrogens is 232 g/mol. The number of rotatable bonds is 3. The van der Waals surface area contributed by atoms with Crippen LogP contribution < -0.4 is 5.32 Å². The first-order chi connectivity index (χ1) is 8.49. The Bertz CT molecular complexity index is 362. The molecule has 1 rings (SSSR count). The summed E-state index contributed by atoms with van der Waals surface area (Å²) in [4.78, 5) is 24.6. The normalized spacial score (nSPS) is 25.1. The van der Waals surface area contributed by atoms with Gasteiger partial charge < -0.3 is 15.3 Å². The maximum absolute atomic E-state index is 12.0. The standard InChI is InChI=1S/C13H20N2O3/c1-4-11(5-2)14-13(18)15-7-6-10(12(16)17)8-9(15)3/h1,9-11H,5-8H2,2-3H3,(H,14,18)(H,16,17). The van der Waals surface area contributed by atoms with Gasteiger partial charge in [-0.2, -0.15) is 0 Å². The summed E-state index contributed by atoms with van der Waals surface area (Å²) in [6.45, 7) is 4.24. The largest absolute Gasteiger partial charge is 0.481 e. The second kappa shape index (κ2) is 6.29. The minimum absolute atomic E-state index is 0.0740. The Labute approximate surface area is 108 Å². The highest BCUT2D eigenvalue weighted by atomic mass is 16.4. The number of nitrogens with zero attached hydrogens (tertiary/aromatic N) is 1. The number of likely N-dealkylation sites (tertiary alicyclic amines) is 1. The first-order valence-corrected chi connectivity index (χ1v) is 6.25. The van der Waals surface area contributed by atoms with Crippen LogP contribution in [0.25, 0.3) is 0 Å². The Morgan fingerprint density at radius 3 is 2.72 bits per heavy atom. The van der Waals surface area contributed by atoms with E-state index in [1.165, 1.54) is 0 Å². The molecule has 5 heteroatoms. The van der Waals surface area contributed by atoms with E-state index in [1.54, 1.807) is 4.90 Å². The van der Waals surface area contributed by atoms with Crippen molar-refractivity contribution in [3.63, 3.8) is 0 Å². The van der Waals surface area contributed by atoms with Gasteiger partial charge in [0.1, 0.15) is 0 Å². The van der Waals surface area contributed by atoms with Gasteiger partial charge in [-0.3, -0.25) is 4.79 Å². The van der Waals surface area contributed by atoms with Crippen LogP contribution in [0.15, 0.2) is 0 Å². The average molecular weight is 252 g/mol. The van der Waals surface area contributed by atoms with E-state index < -0.39 is 5.97 Å². The Kier molecular flexibility index (Phi) is 5.02. The van der Waals surface area contributed by atoms with Crippen LogP contribution >= 0.6 is 0 Å². The molecule has 0 radical (unpaired) electrons. The van der Waals surface area contributed by atoms with Crippen molar-refractivity contribution in [3.8, 4) is 12.3 Å². The van der Waals surface area contributed by atoms with Crippen LogP contribution in [0.1, 0.15) is 33.1 Å². The number of nitrogens with one attached hydrogen (secondary N) is 1. The summed E-state index contributed by atoms with van der Waals surface area (Å²) in [7, 11) is 0. The third-order valence-electron chi connectivity index (χ3n) is 3.39. The lowest BCUT2D eigenvalue weighted by Crippen LogP contribution is -2.52. The molecule has 1 heterocycles. The van der Waals surface area contributed by atoms with E-state index in [4.69, 9.17) is 11.5 Å². The highest BCUT2D eigenvalue weighted by Gasteiger charge is 2.32. The summed E-state index contributed by atoms with van der Waals surface area (Å²) >= 11 is 0. The Morgan fingerprint density at radius 1 is 1.61 bits per heavy atom. The molecule has 1 aliphatic rings. The van der Waals surface area contributed by atoms with Gasteiger partial charge >= 0.3 is 12.0 Å². The van der Waals surface area contributed by atoms with Gasteiger partial charge in [0.25, 0.3) is 0 Å². The van der Waals surface area contributed by atoms with Crippen LogP contribution in [0.3, 0.4) is 0 Å². The maximum atomic E-state index is 12.0. The zero-order valence-corrected chi connectivity index (χ0v) is 10.8. The van der Waals surface area contributed by atoms with Crippen molar-refractivity contribution in [1.29, 1.82) is 0 Å². The second-order valence-electron chi connectivity index (χ2n) is 4.68. The molecule has 1 aliphatic heterocycles. The zero-order chi connectivity index (χ0) is 13.7. The lowest BCUT2D eigenvalue weighted by atomic mass is 9.92. The molecule has 1 fully saturated rings. The van der Waals surface area contributed by atoms with Crippen molar-refractivity contribution in [2.45, 2.75) is 45.2 Å². The minimum Gasteiger partial charge on any atom is -0.481 e. The predicted octanol–water partition coefficient (Wildman–Crippen LogP) is 1.29. The fourth-order valence-corrected chi connectivity index (χ4v) is 2.19. The van der Waals surface area contributed by atoms with Crippen LogP contribution in [0, 0.1) is 18.3 Å². The summed E-state index contributed by atoms with van der Waals surface area (Å²) in [5, 5.41) is 11.7. The first kappa shape index (κ1) is 14.4. The molecule has 0 aromatic carbocycles. The van der Waals surface area contributed by atoms with E-state index in [1.807, 2.05) is 13.8 Å². The number of terminal acetylenes is 1. The number of urea groups is 1. The molecule has 0 bridgehead atoms. The molecule has 100 valence electrons. The van der Waals surface area contributed by atoms with Gasteiger partial charge in [-0.15, -0.1) is 6.42 Å². The van der Waals surface area contributed by atoms with Crippen molar-refractivity contribution in [2.75, 3.05) is 6.54 Å². The second-order valence-corrected chi connectivity index (χ2v) is 4.68. The quantitative estimate of drug-likeness (QED) is 0.744. The molecule has 2 amide bonds. The summed E-state index contributed by atoms with van der Waals surface area (Å²) in [6, 6.07) is -0.534. The van der Waals surface area contributed by atoms with Crippen LogP contribution in [-0.2, 0) is 4.79 Å². The smallest absolute Gasteiger partial charge is 0.318 e.